The molecule has 1 saturated heterocycles. The number of rotatable bonds is 3. The van der Waals surface area contributed by atoms with Crippen molar-refractivity contribution >= 4 is 29.0 Å². The maximum absolute atomic E-state index is 12.1. The molecule has 0 spiro atoms. The fourth-order valence-corrected chi connectivity index (χ4v) is 4.10. The third-order valence-electron chi connectivity index (χ3n) is 5.81. The largest absolute Gasteiger partial charge is 0.346 e. The molecule has 1 unspecified atom stereocenters. The van der Waals surface area contributed by atoms with Gasteiger partial charge < -0.3 is 10.2 Å². The second-order valence-corrected chi connectivity index (χ2v) is 8.03. The number of nitrogens with zero attached hydrogens (tertiary/aromatic N) is 3. The van der Waals surface area contributed by atoms with Crippen molar-refractivity contribution in [2.45, 2.75) is 38.3 Å². The van der Waals surface area contributed by atoms with E-state index in [9.17, 15) is 4.79 Å². The third kappa shape index (κ3) is 3.80. The van der Waals surface area contributed by atoms with Gasteiger partial charge in [0.1, 0.15) is 6.04 Å². The number of carbonyl (C=O) groups is 1. The van der Waals surface area contributed by atoms with Gasteiger partial charge in [-0.2, -0.15) is 0 Å². The highest BCUT2D eigenvalue weighted by Gasteiger charge is 2.28. The number of piperidine rings is 1. The van der Waals surface area contributed by atoms with Gasteiger partial charge in [0.25, 0.3) is 0 Å². The predicted octanol–water partition coefficient (Wildman–Crippen LogP) is 3.89. The highest BCUT2D eigenvalue weighted by atomic mass is 35.5. The van der Waals surface area contributed by atoms with Crippen LogP contribution in [-0.2, 0) is 11.3 Å². The zero-order valence-electron chi connectivity index (χ0n) is 15.8. The summed E-state index contributed by atoms with van der Waals surface area (Å²) < 4.78 is 0. The van der Waals surface area contributed by atoms with Crippen molar-refractivity contribution in [1.29, 1.82) is 0 Å². The topological polar surface area (TPSA) is 48.5 Å². The number of hydrogen-bond acceptors (Lipinski definition) is 4. The zero-order valence-corrected chi connectivity index (χ0v) is 16.5. The van der Waals surface area contributed by atoms with Crippen molar-refractivity contribution in [2.24, 2.45) is 0 Å². The van der Waals surface area contributed by atoms with Crippen molar-refractivity contribution in [1.82, 2.24) is 9.88 Å². The molecule has 2 aliphatic heterocycles. The number of carbonyl (C=O) groups excluding carboxylic acids is 1. The summed E-state index contributed by atoms with van der Waals surface area (Å²) in [5.41, 5.74) is 3.34. The Morgan fingerprint density at radius 3 is 2.63 bits per heavy atom. The molecule has 2 aromatic rings. The Labute approximate surface area is 165 Å². The normalized spacial score (nSPS) is 21.1. The average molecular weight is 385 g/mol. The first kappa shape index (κ1) is 18.3. The minimum Gasteiger partial charge on any atom is -0.346 e. The van der Waals surface area contributed by atoms with Crippen LogP contribution in [0.2, 0.25) is 5.02 Å². The van der Waals surface area contributed by atoms with Crippen LogP contribution in [0.25, 0.3) is 0 Å². The van der Waals surface area contributed by atoms with Gasteiger partial charge in [0.05, 0.1) is 5.69 Å². The molecule has 1 aromatic carbocycles. The lowest BCUT2D eigenvalue weighted by Crippen LogP contribution is -2.44. The summed E-state index contributed by atoms with van der Waals surface area (Å²) in [5.74, 6) is 1.47. The summed E-state index contributed by atoms with van der Waals surface area (Å²) in [6, 6.07) is 10.1. The summed E-state index contributed by atoms with van der Waals surface area (Å²) >= 11 is 6.00. The van der Waals surface area contributed by atoms with Gasteiger partial charge in [0.2, 0.25) is 5.91 Å². The van der Waals surface area contributed by atoms with Crippen LogP contribution < -0.4 is 10.2 Å². The molecule has 1 N–H and O–H groups in total. The molecular formula is C21H25ClN4O. The lowest BCUT2D eigenvalue weighted by Gasteiger charge is -2.34. The molecule has 5 nitrogen and oxygen atoms in total. The van der Waals surface area contributed by atoms with Crippen molar-refractivity contribution in [3.8, 4) is 0 Å². The van der Waals surface area contributed by atoms with Gasteiger partial charge in [-0.1, -0.05) is 23.7 Å². The Morgan fingerprint density at radius 1 is 1.22 bits per heavy atom. The molecule has 27 heavy (non-hydrogen) atoms. The molecule has 0 radical (unpaired) electrons. The fourth-order valence-electron chi connectivity index (χ4n) is 3.97. The Hall–Kier alpha value is -2.11. The lowest BCUT2D eigenvalue weighted by atomic mass is 9.89. The monoisotopic (exact) mass is 384 g/mol. The Bertz CT molecular complexity index is 831. The Morgan fingerprint density at radius 2 is 1.93 bits per heavy atom. The Kier molecular flexibility index (Phi) is 5.06. The maximum atomic E-state index is 12.1. The van der Waals surface area contributed by atoms with E-state index in [1.807, 2.05) is 37.2 Å². The van der Waals surface area contributed by atoms with Crippen LogP contribution in [0, 0.1) is 0 Å². The number of likely N-dealkylation sites (N-methyl/N-ethyl adjacent to an activating group) is 1. The van der Waals surface area contributed by atoms with Crippen molar-refractivity contribution in [3.05, 3.63) is 52.7 Å². The molecule has 3 heterocycles. The molecule has 0 aliphatic carbocycles. The first-order valence-electron chi connectivity index (χ1n) is 9.51. The SMILES string of the molecule is CC1C(=O)Nc2cc(CN3CCC(c4ccc(Cl)cc4)CC3)cnc2N1C. The number of amides is 1. The molecule has 1 aromatic heterocycles. The van der Waals surface area contributed by atoms with Crippen LogP contribution in [0.3, 0.4) is 0 Å². The van der Waals surface area contributed by atoms with E-state index >= 15 is 0 Å². The van der Waals surface area contributed by atoms with Crippen molar-refractivity contribution in [3.63, 3.8) is 0 Å². The summed E-state index contributed by atoms with van der Waals surface area (Å²) in [7, 11) is 1.91. The molecule has 142 valence electrons. The smallest absolute Gasteiger partial charge is 0.246 e. The average Bonchev–Trinajstić information content (AvgIpc) is 2.67. The minimum atomic E-state index is -0.192. The number of fused-ring (bicyclic) bond motifs is 1. The highest BCUT2D eigenvalue weighted by Crippen LogP contribution is 2.32. The summed E-state index contributed by atoms with van der Waals surface area (Å²) in [6.07, 6.45) is 4.23. The van der Waals surface area contributed by atoms with Crippen LogP contribution >= 0.6 is 11.6 Å². The zero-order chi connectivity index (χ0) is 19.0. The highest BCUT2D eigenvalue weighted by molar-refractivity contribution is 6.30. The van der Waals surface area contributed by atoms with E-state index in [1.54, 1.807) is 0 Å². The molecule has 0 saturated carbocycles. The quantitative estimate of drug-likeness (QED) is 0.872. The van der Waals surface area contributed by atoms with Crippen LogP contribution in [0.4, 0.5) is 11.5 Å². The molecule has 1 fully saturated rings. The van der Waals surface area contributed by atoms with E-state index in [2.05, 4.69) is 33.4 Å². The number of pyridine rings is 1. The van der Waals surface area contributed by atoms with E-state index in [-0.39, 0.29) is 11.9 Å². The van der Waals surface area contributed by atoms with Gasteiger partial charge in [-0.15, -0.1) is 0 Å². The molecule has 1 amide bonds. The van der Waals surface area contributed by atoms with Gasteiger partial charge in [0.15, 0.2) is 5.82 Å². The second-order valence-electron chi connectivity index (χ2n) is 7.59. The fraction of sp³-hybridized carbons (Fsp3) is 0.429. The molecule has 0 bridgehead atoms. The van der Waals surface area contributed by atoms with Crippen LogP contribution in [0.15, 0.2) is 36.5 Å². The number of likely N-dealkylation sites (tertiary alicyclic amines) is 1. The number of benzene rings is 1. The first-order valence-corrected chi connectivity index (χ1v) is 9.89. The number of hydrogen-bond donors (Lipinski definition) is 1. The Balaban J connectivity index is 1.39. The first-order chi connectivity index (χ1) is 13.0. The molecule has 4 rings (SSSR count). The number of nitrogens with one attached hydrogen (secondary N) is 1. The van der Waals surface area contributed by atoms with Gasteiger partial charge >= 0.3 is 0 Å². The molecule has 2 aliphatic rings. The minimum absolute atomic E-state index is 0.0210. The van der Waals surface area contributed by atoms with Gasteiger partial charge in [-0.25, -0.2) is 4.98 Å². The van der Waals surface area contributed by atoms with E-state index in [0.717, 1.165) is 54.6 Å². The third-order valence-corrected chi connectivity index (χ3v) is 6.06. The van der Waals surface area contributed by atoms with E-state index < -0.39 is 0 Å². The number of halogens is 1. The molecular weight excluding hydrogens is 360 g/mol. The number of anilines is 2. The van der Waals surface area contributed by atoms with Crippen LogP contribution in [0.1, 0.15) is 36.8 Å². The summed E-state index contributed by atoms with van der Waals surface area (Å²) in [5, 5.41) is 3.77. The summed E-state index contributed by atoms with van der Waals surface area (Å²) in [4.78, 5) is 21.0. The van der Waals surface area contributed by atoms with Gasteiger partial charge in [-0.3, -0.25) is 9.69 Å². The molecule has 6 heteroatoms. The maximum Gasteiger partial charge on any atom is 0.246 e. The van der Waals surface area contributed by atoms with Crippen LogP contribution in [0.5, 0.6) is 0 Å². The van der Waals surface area contributed by atoms with Crippen molar-refractivity contribution in [2.75, 3.05) is 30.4 Å². The summed E-state index contributed by atoms with van der Waals surface area (Å²) in [6.45, 7) is 4.88. The van der Waals surface area contributed by atoms with E-state index in [4.69, 9.17) is 11.6 Å². The van der Waals surface area contributed by atoms with Crippen molar-refractivity contribution < 1.29 is 4.79 Å². The van der Waals surface area contributed by atoms with E-state index in [1.165, 1.54) is 5.56 Å². The predicted molar refractivity (Wildman–Crippen MR) is 109 cm³/mol. The number of aromatic nitrogens is 1. The standard InChI is InChI=1S/C21H25ClN4O/c1-14-21(27)24-19-11-15(12-23-20(19)25(14)2)13-26-9-7-17(8-10-26)16-3-5-18(22)6-4-16/h3-6,11-12,14,17H,7-10,13H2,1-2H3,(H,24,27). The van der Waals surface area contributed by atoms with Gasteiger partial charge in [0, 0.05) is 24.8 Å². The molecule has 1 atom stereocenters. The second kappa shape index (κ2) is 7.49. The van der Waals surface area contributed by atoms with Gasteiger partial charge in [-0.05, 0) is 68.1 Å². The van der Waals surface area contributed by atoms with E-state index in [0.29, 0.717) is 5.92 Å². The lowest BCUT2D eigenvalue weighted by molar-refractivity contribution is -0.117. The van der Waals surface area contributed by atoms with Crippen LogP contribution in [-0.4, -0.2) is 42.0 Å².